The number of aromatic nitrogens is 2. The Labute approximate surface area is 95.7 Å². The van der Waals surface area contributed by atoms with Crippen molar-refractivity contribution in [3.8, 4) is 0 Å². The summed E-state index contributed by atoms with van der Waals surface area (Å²) in [4.78, 5) is 8.77. The summed E-state index contributed by atoms with van der Waals surface area (Å²) in [6, 6.07) is 2.00. The fourth-order valence-electron chi connectivity index (χ4n) is 1.99. The average molecular weight is 222 g/mol. The van der Waals surface area contributed by atoms with Gasteiger partial charge in [-0.2, -0.15) is 0 Å². The van der Waals surface area contributed by atoms with Crippen LogP contribution in [0, 0.1) is 0 Å². The number of nitrogens with zero attached hydrogens (tertiary/aromatic N) is 2. The van der Waals surface area contributed by atoms with E-state index in [2.05, 4.69) is 9.97 Å². The van der Waals surface area contributed by atoms with Crippen LogP contribution in [0.5, 0.6) is 0 Å². The molecular weight excluding hydrogens is 204 g/mol. The number of aryl methyl sites for hydroxylation is 1. The zero-order valence-corrected chi connectivity index (χ0v) is 9.43. The van der Waals surface area contributed by atoms with Gasteiger partial charge < -0.3 is 9.84 Å². The van der Waals surface area contributed by atoms with Gasteiger partial charge in [-0.15, -0.1) is 0 Å². The highest BCUT2D eigenvalue weighted by atomic mass is 16.5. The monoisotopic (exact) mass is 222 g/mol. The Hall–Kier alpha value is -1.00. The molecule has 1 aliphatic rings. The number of ether oxygens (including phenoxy) is 1. The van der Waals surface area contributed by atoms with Crippen molar-refractivity contribution in [2.75, 3.05) is 19.8 Å². The van der Waals surface area contributed by atoms with E-state index in [0.29, 0.717) is 5.92 Å². The van der Waals surface area contributed by atoms with Crippen LogP contribution in [0.25, 0.3) is 0 Å². The van der Waals surface area contributed by atoms with Crippen LogP contribution in [0.15, 0.2) is 12.3 Å². The van der Waals surface area contributed by atoms with Gasteiger partial charge in [-0.1, -0.05) is 0 Å². The molecule has 0 amide bonds. The van der Waals surface area contributed by atoms with Gasteiger partial charge in [0.15, 0.2) is 0 Å². The molecule has 0 atom stereocenters. The SMILES string of the molecule is OCCCc1nccc(C2CCOCC2)n1. The number of hydrogen-bond acceptors (Lipinski definition) is 4. The topological polar surface area (TPSA) is 55.2 Å². The molecular formula is C12H18N2O2. The molecule has 1 aromatic rings. The first-order valence-electron chi connectivity index (χ1n) is 5.90. The van der Waals surface area contributed by atoms with E-state index in [-0.39, 0.29) is 6.61 Å². The van der Waals surface area contributed by atoms with Crippen molar-refractivity contribution in [3.05, 3.63) is 23.8 Å². The first kappa shape index (κ1) is 11.5. The van der Waals surface area contributed by atoms with Gasteiger partial charge in [0.1, 0.15) is 5.82 Å². The summed E-state index contributed by atoms with van der Waals surface area (Å²) in [5.41, 5.74) is 1.13. The number of aliphatic hydroxyl groups is 1. The van der Waals surface area contributed by atoms with E-state index in [9.17, 15) is 0 Å². The highest BCUT2D eigenvalue weighted by Crippen LogP contribution is 2.24. The molecule has 2 heterocycles. The lowest BCUT2D eigenvalue weighted by atomic mass is 9.96. The largest absolute Gasteiger partial charge is 0.396 e. The van der Waals surface area contributed by atoms with Gasteiger partial charge in [0.05, 0.1) is 0 Å². The van der Waals surface area contributed by atoms with Gasteiger partial charge in [-0.3, -0.25) is 0 Å². The molecule has 0 bridgehead atoms. The maximum atomic E-state index is 8.77. The molecule has 0 aliphatic carbocycles. The van der Waals surface area contributed by atoms with E-state index in [4.69, 9.17) is 9.84 Å². The summed E-state index contributed by atoms with van der Waals surface area (Å²) in [6.07, 6.45) is 5.42. The van der Waals surface area contributed by atoms with Gasteiger partial charge in [0, 0.05) is 44.1 Å². The van der Waals surface area contributed by atoms with Crippen molar-refractivity contribution in [2.24, 2.45) is 0 Å². The summed E-state index contributed by atoms with van der Waals surface area (Å²) < 4.78 is 5.34. The number of aliphatic hydroxyl groups excluding tert-OH is 1. The predicted molar refractivity (Wildman–Crippen MR) is 60.2 cm³/mol. The quantitative estimate of drug-likeness (QED) is 0.834. The third-order valence-electron chi connectivity index (χ3n) is 2.93. The summed E-state index contributed by atoms with van der Waals surface area (Å²) in [5, 5.41) is 8.77. The molecule has 4 nitrogen and oxygen atoms in total. The van der Waals surface area contributed by atoms with Crippen molar-refractivity contribution >= 4 is 0 Å². The molecule has 88 valence electrons. The lowest BCUT2D eigenvalue weighted by molar-refractivity contribution is 0.0844. The lowest BCUT2D eigenvalue weighted by Crippen LogP contribution is -2.16. The Kier molecular flexibility index (Phi) is 4.25. The van der Waals surface area contributed by atoms with E-state index < -0.39 is 0 Å². The Morgan fingerprint density at radius 3 is 2.94 bits per heavy atom. The molecule has 16 heavy (non-hydrogen) atoms. The third kappa shape index (κ3) is 3.00. The molecule has 0 aromatic carbocycles. The molecule has 1 aliphatic heterocycles. The first-order valence-corrected chi connectivity index (χ1v) is 5.90. The van der Waals surface area contributed by atoms with E-state index in [1.807, 2.05) is 12.3 Å². The maximum absolute atomic E-state index is 8.77. The highest BCUT2D eigenvalue weighted by molar-refractivity contribution is 5.09. The van der Waals surface area contributed by atoms with Gasteiger partial charge in [-0.25, -0.2) is 9.97 Å². The van der Waals surface area contributed by atoms with Gasteiger partial charge >= 0.3 is 0 Å². The van der Waals surface area contributed by atoms with Crippen LogP contribution >= 0.6 is 0 Å². The van der Waals surface area contributed by atoms with Gasteiger partial charge in [0.2, 0.25) is 0 Å². The molecule has 0 spiro atoms. The molecule has 1 N–H and O–H groups in total. The van der Waals surface area contributed by atoms with Crippen LogP contribution < -0.4 is 0 Å². The fourth-order valence-corrected chi connectivity index (χ4v) is 1.99. The molecule has 0 radical (unpaired) electrons. The minimum Gasteiger partial charge on any atom is -0.396 e. The summed E-state index contributed by atoms with van der Waals surface area (Å²) >= 11 is 0. The number of rotatable bonds is 4. The maximum Gasteiger partial charge on any atom is 0.128 e. The Balaban J connectivity index is 2.02. The minimum absolute atomic E-state index is 0.199. The standard InChI is InChI=1S/C12H18N2O2/c15-7-1-2-12-13-6-3-11(14-12)10-4-8-16-9-5-10/h3,6,10,15H,1-2,4-5,7-9H2. The zero-order valence-electron chi connectivity index (χ0n) is 9.43. The van der Waals surface area contributed by atoms with Gasteiger partial charge in [-0.05, 0) is 25.3 Å². The molecule has 1 aromatic heterocycles. The van der Waals surface area contributed by atoms with E-state index >= 15 is 0 Å². The lowest BCUT2D eigenvalue weighted by Gasteiger charge is -2.21. The van der Waals surface area contributed by atoms with Crippen LogP contribution in [-0.2, 0) is 11.2 Å². The third-order valence-corrected chi connectivity index (χ3v) is 2.93. The molecule has 1 saturated heterocycles. The van der Waals surface area contributed by atoms with Crippen molar-refractivity contribution in [1.29, 1.82) is 0 Å². The Bertz CT molecular complexity index is 325. The van der Waals surface area contributed by atoms with E-state index in [1.54, 1.807) is 0 Å². The molecule has 2 rings (SSSR count). The van der Waals surface area contributed by atoms with Crippen molar-refractivity contribution in [2.45, 2.75) is 31.6 Å². The van der Waals surface area contributed by atoms with E-state index in [1.165, 1.54) is 0 Å². The molecule has 1 fully saturated rings. The second-order valence-electron chi connectivity index (χ2n) is 4.11. The van der Waals surface area contributed by atoms with Crippen molar-refractivity contribution < 1.29 is 9.84 Å². The second-order valence-corrected chi connectivity index (χ2v) is 4.11. The molecule has 4 heteroatoms. The van der Waals surface area contributed by atoms with Crippen LogP contribution in [0.2, 0.25) is 0 Å². The normalized spacial score (nSPS) is 17.6. The Morgan fingerprint density at radius 2 is 2.19 bits per heavy atom. The van der Waals surface area contributed by atoms with Crippen LogP contribution in [0.1, 0.15) is 36.7 Å². The van der Waals surface area contributed by atoms with Crippen LogP contribution in [-0.4, -0.2) is 34.9 Å². The smallest absolute Gasteiger partial charge is 0.128 e. The summed E-state index contributed by atoms with van der Waals surface area (Å²) in [5.74, 6) is 1.36. The van der Waals surface area contributed by atoms with E-state index in [0.717, 1.165) is 50.4 Å². The predicted octanol–water partition coefficient (Wildman–Crippen LogP) is 1.30. The first-order chi connectivity index (χ1) is 7.90. The minimum atomic E-state index is 0.199. The summed E-state index contributed by atoms with van der Waals surface area (Å²) in [7, 11) is 0. The molecule has 0 unspecified atom stereocenters. The second kappa shape index (κ2) is 5.92. The molecule has 0 saturated carbocycles. The fraction of sp³-hybridized carbons (Fsp3) is 0.667. The number of hydrogen-bond donors (Lipinski definition) is 1. The summed E-state index contributed by atoms with van der Waals surface area (Å²) in [6.45, 7) is 1.87. The van der Waals surface area contributed by atoms with Crippen molar-refractivity contribution in [1.82, 2.24) is 9.97 Å². The average Bonchev–Trinajstić information content (AvgIpc) is 2.38. The van der Waals surface area contributed by atoms with Crippen molar-refractivity contribution in [3.63, 3.8) is 0 Å². The van der Waals surface area contributed by atoms with Crippen LogP contribution in [0.4, 0.5) is 0 Å². The zero-order chi connectivity index (χ0) is 11.2. The van der Waals surface area contributed by atoms with Gasteiger partial charge in [0.25, 0.3) is 0 Å². The Morgan fingerprint density at radius 1 is 1.38 bits per heavy atom. The van der Waals surface area contributed by atoms with Crippen LogP contribution in [0.3, 0.4) is 0 Å². The highest BCUT2D eigenvalue weighted by Gasteiger charge is 2.17.